The first-order valence-electron chi connectivity index (χ1n) is 2.65. The van der Waals surface area contributed by atoms with Crippen LogP contribution in [0.15, 0.2) is 5.16 Å². The van der Waals surface area contributed by atoms with Crippen molar-refractivity contribution in [1.82, 2.24) is 0 Å². The number of rotatable bonds is 4. The molecule has 54 valence electrons. The van der Waals surface area contributed by atoms with Gasteiger partial charge in [-0.3, -0.25) is 0 Å². The van der Waals surface area contributed by atoms with Crippen LogP contribution >= 0.6 is 0 Å². The highest BCUT2D eigenvalue weighted by molar-refractivity contribution is 5.79. The molecule has 0 aliphatic heterocycles. The Hall–Kier alpha value is -0.770. The van der Waals surface area contributed by atoms with E-state index in [4.69, 9.17) is 10.5 Å². The quantitative estimate of drug-likeness (QED) is 0.331. The summed E-state index contributed by atoms with van der Waals surface area (Å²) in [4.78, 5) is 4.41. The summed E-state index contributed by atoms with van der Waals surface area (Å²) in [6.45, 7) is 0.582. The summed E-state index contributed by atoms with van der Waals surface area (Å²) in [5.41, 5.74) is 5.32. The lowest BCUT2D eigenvalue weighted by Gasteiger charge is -1.96. The minimum Gasteiger partial charge on any atom is -0.398 e. The largest absolute Gasteiger partial charge is 0.398 e. The Morgan fingerprint density at radius 2 is 2.22 bits per heavy atom. The Morgan fingerprint density at radius 1 is 1.56 bits per heavy atom. The van der Waals surface area contributed by atoms with Crippen LogP contribution in [-0.2, 0) is 9.57 Å². The average Bonchev–Trinajstić information content (AvgIpc) is 1.85. The van der Waals surface area contributed by atoms with Crippen LogP contribution in [0, 0.1) is 0 Å². The van der Waals surface area contributed by atoms with Gasteiger partial charge in [-0.05, 0) is 0 Å². The van der Waals surface area contributed by atoms with Crippen molar-refractivity contribution in [3.8, 4) is 0 Å². The van der Waals surface area contributed by atoms with Gasteiger partial charge in [0.25, 0.3) is 0 Å². The van der Waals surface area contributed by atoms with Gasteiger partial charge in [-0.2, -0.15) is 0 Å². The molecule has 0 unspecified atom stereocenters. The van der Waals surface area contributed by atoms with E-state index >= 15 is 0 Å². The first-order chi connectivity index (χ1) is 4.31. The number of hydrogen-bond donors (Lipinski definition) is 1. The van der Waals surface area contributed by atoms with E-state index in [0.29, 0.717) is 18.9 Å². The molecule has 2 N–H and O–H groups in total. The van der Waals surface area contributed by atoms with Crippen molar-refractivity contribution in [1.29, 1.82) is 0 Å². The highest BCUT2D eigenvalue weighted by Crippen LogP contribution is 1.80. The summed E-state index contributed by atoms with van der Waals surface area (Å²) in [5.74, 6) is 0.458. The first-order valence-corrected chi connectivity index (χ1v) is 2.65. The molecule has 0 saturated heterocycles. The number of hydrogen-bond acceptors (Lipinski definition) is 3. The smallest absolute Gasteiger partial charge is 0.141 e. The SMILES string of the molecule is COCC/C(N)=N/OC. The highest BCUT2D eigenvalue weighted by atomic mass is 16.6. The topological polar surface area (TPSA) is 56.8 Å². The van der Waals surface area contributed by atoms with Crippen LogP contribution in [0.4, 0.5) is 0 Å². The van der Waals surface area contributed by atoms with Gasteiger partial charge >= 0.3 is 0 Å². The van der Waals surface area contributed by atoms with E-state index in [2.05, 4.69) is 9.99 Å². The first kappa shape index (κ1) is 8.23. The maximum atomic E-state index is 5.32. The third kappa shape index (κ3) is 5.10. The van der Waals surface area contributed by atoms with Gasteiger partial charge in [0, 0.05) is 13.5 Å². The van der Waals surface area contributed by atoms with Gasteiger partial charge in [-0.1, -0.05) is 5.16 Å². The zero-order valence-electron chi connectivity index (χ0n) is 5.76. The lowest BCUT2D eigenvalue weighted by molar-refractivity contribution is 0.197. The number of ether oxygens (including phenoxy) is 1. The fourth-order valence-electron chi connectivity index (χ4n) is 0.370. The van der Waals surface area contributed by atoms with Gasteiger partial charge in [-0.25, -0.2) is 0 Å². The lowest BCUT2D eigenvalue weighted by Crippen LogP contribution is -2.14. The third-order valence-corrected chi connectivity index (χ3v) is 0.771. The van der Waals surface area contributed by atoms with Crippen LogP contribution in [-0.4, -0.2) is 26.7 Å². The zero-order valence-corrected chi connectivity index (χ0v) is 5.76. The average molecular weight is 132 g/mol. The van der Waals surface area contributed by atoms with E-state index in [0.717, 1.165) is 0 Å². The molecule has 0 saturated carbocycles. The van der Waals surface area contributed by atoms with E-state index in [-0.39, 0.29) is 0 Å². The Kier molecular flexibility index (Phi) is 4.91. The van der Waals surface area contributed by atoms with Gasteiger partial charge < -0.3 is 15.3 Å². The molecule has 0 fully saturated rings. The normalized spacial score (nSPS) is 11.6. The van der Waals surface area contributed by atoms with Crippen molar-refractivity contribution >= 4 is 5.84 Å². The highest BCUT2D eigenvalue weighted by Gasteiger charge is 1.89. The molecule has 0 atom stereocenters. The molecule has 4 heteroatoms. The molecule has 0 aromatic carbocycles. The van der Waals surface area contributed by atoms with Crippen molar-refractivity contribution in [2.75, 3.05) is 20.8 Å². The minimum atomic E-state index is 0.458. The van der Waals surface area contributed by atoms with Crippen molar-refractivity contribution in [2.45, 2.75) is 6.42 Å². The summed E-state index contributed by atoms with van der Waals surface area (Å²) in [7, 11) is 3.07. The molecule has 4 nitrogen and oxygen atoms in total. The van der Waals surface area contributed by atoms with Gasteiger partial charge in [0.15, 0.2) is 0 Å². The van der Waals surface area contributed by atoms with Crippen molar-refractivity contribution < 1.29 is 9.57 Å². The summed E-state index contributed by atoms with van der Waals surface area (Å²) in [5, 5.41) is 3.48. The molecule has 0 amide bonds. The van der Waals surface area contributed by atoms with Crippen LogP contribution in [0.1, 0.15) is 6.42 Å². The Morgan fingerprint density at radius 3 is 2.67 bits per heavy atom. The van der Waals surface area contributed by atoms with Gasteiger partial charge in [-0.15, -0.1) is 0 Å². The van der Waals surface area contributed by atoms with Crippen molar-refractivity contribution in [3.05, 3.63) is 0 Å². The molecular formula is C5H12N2O2. The van der Waals surface area contributed by atoms with Crippen molar-refractivity contribution in [3.63, 3.8) is 0 Å². The van der Waals surface area contributed by atoms with E-state index in [9.17, 15) is 0 Å². The van der Waals surface area contributed by atoms with Crippen LogP contribution in [0.3, 0.4) is 0 Å². The lowest BCUT2D eigenvalue weighted by atomic mass is 10.4. The molecule has 0 aliphatic carbocycles. The fraction of sp³-hybridized carbons (Fsp3) is 0.800. The second kappa shape index (κ2) is 5.37. The molecule has 0 spiro atoms. The van der Waals surface area contributed by atoms with Gasteiger partial charge in [0.05, 0.1) is 6.61 Å². The number of nitrogens with two attached hydrogens (primary N) is 1. The van der Waals surface area contributed by atoms with Crippen LogP contribution in [0.2, 0.25) is 0 Å². The number of nitrogens with zero attached hydrogens (tertiary/aromatic N) is 1. The predicted molar refractivity (Wildman–Crippen MR) is 35.1 cm³/mol. The van der Waals surface area contributed by atoms with Gasteiger partial charge in [0.1, 0.15) is 12.9 Å². The Balaban J connectivity index is 3.25. The van der Waals surface area contributed by atoms with Crippen molar-refractivity contribution in [2.24, 2.45) is 10.9 Å². The molecule has 0 aliphatic rings. The molecule has 0 radical (unpaired) electrons. The number of amidine groups is 1. The van der Waals surface area contributed by atoms with E-state index in [1.165, 1.54) is 7.11 Å². The second-order valence-electron chi connectivity index (χ2n) is 1.51. The summed E-state index contributed by atoms with van der Waals surface area (Å²) in [6, 6.07) is 0. The molecule has 0 bridgehead atoms. The van der Waals surface area contributed by atoms with E-state index in [1.54, 1.807) is 7.11 Å². The minimum absolute atomic E-state index is 0.458. The molecule has 0 rings (SSSR count). The number of methoxy groups -OCH3 is 1. The van der Waals surface area contributed by atoms with Crippen LogP contribution in [0.5, 0.6) is 0 Å². The molecular weight excluding hydrogens is 120 g/mol. The zero-order chi connectivity index (χ0) is 7.11. The fourth-order valence-corrected chi connectivity index (χ4v) is 0.370. The maximum absolute atomic E-state index is 5.32. The number of oxime groups is 1. The van der Waals surface area contributed by atoms with E-state index < -0.39 is 0 Å². The second-order valence-corrected chi connectivity index (χ2v) is 1.51. The monoisotopic (exact) mass is 132 g/mol. The van der Waals surface area contributed by atoms with Gasteiger partial charge in [0.2, 0.25) is 0 Å². The Bertz CT molecular complexity index is 93.0. The third-order valence-electron chi connectivity index (χ3n) is 0.771. The summed E-state index contributed by atoms with van der Waals surface area (Å²) >= 11 is 0. The summed E-state index contributed by atoms with van der Waals surface area (Å²) in [6.07, 6.45) is 0.615. The molecule has 0 aromatic rings. The van der Waals surface area contributed by atoms with Crippen LogP contribution in [0.25, 0.3) is 0 Å². The predicted octanol–water partition coefficient (Wildman–Crippen LogP) is -0.0585. The Labute approximate surface area is 54.6 Å². The molecule has 9 heavy (non-hydrogen) atoms. The standard InChI is InChI=1S/C5H12N2O2/c1-8-4-3-5(6)7-9-2/h3-4H2,1-2H3,(H2,6,7). The maximum Gasteiger partial charge on any atom is 0.141 e. The molecule has 0 aromatic heterocycles. The molecule has 0 heterocycles. The summed E-state index contributed by atoms with van der Waals surface area (Å²) < 4.78 is 4.74. The van der Waals surface area contributed by atoms with Crippen LogP contribution < -0.4 is 5.73 Å². The van der Waals surface area contributed by atoms with E-state index in [1.807, 2.05) is 0 Å².